The molecule has 2 amide bonds. The molecule has 0 bridgehead atoms. The molecule has 1 unspecified atom stereocenters. The topological polar surface area (TPSA) is 76.0 Å². The van der Waals surface area contributed by atoms with Crippen molar-refractivity contribution in [2.75, 3.05) is 0 Å². The molecule has 3 aromatic rings. The number of carbonyl (C=O) groups excluding carboxylic acids is 2. The van der Waals surface area contributed by atoms with Crippen LogP contribution in [0.15, 0.2) is 60.8 Å². The van der Waals surface area contributed by atoms with Gasteiger partial charge in [-0.15, -0.1) is 0 Å². The second-order valence-corrected chi connectivity index (χ2v) is 8.08. The number of carbonyl (C=O) groups is 2. The van der Waals surface area contributed by atoms with Gasteiger partial charge in [-0.3, -0.25) is 9.59 Å². The maximum absolute atomic E-state index is 13.1. The van der Waals surface area contributed by atoms with Gasteiger partial charge in [-0.05, 0) is 43.5 Å². The molecular formula is C24H23F3N4O2. The summed E-state index contributed by atoms with van der Waals surface area (Å²) in [7, 11) is 0. The predicted octanol–water partition coefficient (Wildman–Crippen LogP) is 4.20. The van der Waals surface area contributed by atoms with Gasteiger partial charge >= 0.3 is 6.18 Å². The lowest BCUT2D eigenvalue weighted by molar-refractivity contribution is -0.137. The molecule has 2 aromatic carbocycles. The largest absolute Gasteiger partial charge is 0.416 e. The second-order valence-electron chi connectivity index (χ2n) is 8.08. The summed E-state index contributed by atoms with van der Waals surface area (Å²) in [5.74, 6) is -0.798. The molecule has 4 rings (SSSR count). The van der Waals surface area contributed by atoms with Crippen molar-refractivity contribution in [3.8, 4) is 5.69 Å². The molecule has 0 spiro atoms. The minimum Gasteiger partial charge on any atom is -0.350 e. The number of benzene rings is 2. The molecule has 0 saturated heterocycles. The van der Waals surface area contributed by atoms with Crippen LogP contribution in [0.2, 0.25) is 0 Å². The summed E-state index contributed by atoms with van der Waals surface area (Å²) in [5, 5.41) is 9.65. The summed E-state index contributed by atoms with van der Waals surface area (Å²) < 4.78 is 40.8. The normalized spacial score (nSPS) is 14.5. The summed E-state index contributed by atoms with van der Waals surface area (Å²) >= 11 is 0. The van der Waals surface area contributed by atoms with Crippen LogP contribution in [0.5, 0.6) is 0 Å². The van der Waals surface area contributed by atoms with Gasteiger partial charge in [0.2, 0.25) is 5.91 Å². The van der Waals surface area contributed by atoms with E-state index in [1.54, 1.807) is 6.92 Å². The van der Waals surface area contributed by atoms with Crippen molar-refractivity contribution in [3.05, 3.63) is 83.2 Å². The molecule has 33 heavy (non-hydrogen) atoms. The van der Waals surface area contributed by atoms with E-state index in [1.807, 2.05) is 30.3 Å². The van der Waals surface area contributed by atoms with Gasteiger partial charge in [-0.2, -0.15) is 18.3 Å². The summed E-state index contributed by atoms with van der Waals surface area (Å²) in [6, 6.07) is 13.4. The van der Waals surface area contributed by atoms with E-state index in [-0.39, 0.29) is 23.1 Å². The highest BCUT2D eigenvalue weighted by Crippen LogP contribution is 2.42. The van der Waals surface area contributed by atoms with Gasteiger partial charge in [-0.25, -0.2) is 4.68 Å². The molecule has 2 N–H and O–H groups in total. The third-order valence-corrected chi connectivity index (χ3v) is 5.48. The number of amides is 2. The van der Waals surface area contributed by atoms with Crippen LogP contribution < -0.4 is 10.6 Å². The zero-order valence-electron chi connectivity index (χ0n) is 17.9. The van der Waals surface area contributed by atoms with Gasteiger partial charge in [0.1, 0.15) is 6.04 Å². The van der Waals surface area contributed by atoms with Crippen molar-refractivity contribution in [2.24, 2.45) is 0 Å². The molecule has 1 aliphatic carbocycles. The molecular weight excluding hydrogens is 433 g/mol. The molecule has 9 heteroatoms. The van der Waals surface area contributed by atoms with Crippen molar-refractivity contribution in [2.45, 2.75) is 44.4 Å². The minimum atomic E-state index is -4.48. The van der Waals surface area contributed by atoms with Crippen LogP contribution in [0.25, 0.3) is 5.69 Å². The van der Waals surface area contributed by atoms with E-state index in [0.717, 1.165) is 30.5 Å². The van der Waals surface area contributed by atoms with Gasteiger partial charge in [0.25, 0.3) is 5.91 Å². The first-order valence-electron chi connectivity index (χ1n) is 10.6. The number of nitrogens with zero attached hydrogens (tertiary/aromatic N) is 2. The molecule has 172 valence electrons. The Morgan fingerprint density at radius 2 is 1.85 bits per heavy atom. The molecule has 6 nitrogen and oxygen atoms in total. The van der Waals surface area contributed by atoms with Crippen molar-refractivity contribution >= 4 is 11.8 Å². The van der Waals surface area contributed by atoms with E-state index in [2.05, 4.69) is 15.7 Å². The zero-order chi connectivity index (χ0) is 23.6. The van der Waals surface area contributed by atoms with Gasteiger partial charge in [-0.1, -0.05) is 36.4 Å². The average molecular weight is 456 g/mol. The Morgan fingerprint density at radius 3 is 2.52 bits per heavy atom. The summed E-state index contributed by atoms with van der Waals surface area (Å²) in [4.78, 5) is 25.4. The van der Waals surface area contributed by atoms with E-state index < -0.39 is 23.7 Å². The van der Waals surface area contributed by atoms with Crippen LogP contribution >= 0.6 is 0 Å². The number of rotatable bonds is 7. The first-order valence-corrected chi connectivity index (χ1v) is 10.6. The minimum absolute atomic E-state index is 0.0324. The number of halogens is 3. The third-order valence-electron chi connectivity index (χ3n) is 5.48. The van der Waals surface area contributed by atoms with Crippen LogP contribution in [-0.4, -0.2) is 27.6 Å². The van der Waals surface area contributed by atoms with Crippen LogP contribution in [0.1, 0.15) is 52.9 Å². The highest BCUT2D eigenvalue weighted by atomic mass is 19.4. The number of alkyl halides is 3. The quantitative estimate of drug-likeness (QED) is 0.560. The summed E-state index contributed by atoms with van der Waals surface area (Å²) in [6.45, 7) is 1.91. The smallest absolute Gasteiger partial charge is 0.350 e. The van der Waals surface area contributed by atoms with Gasteiger partial charge in [0.15, 0.2) is 0 Å². The molecule has 1 aliphatic rings. The van der Waals surface area contributed by atoms with Crippen molar-refractivity contribution < 1.29 is 22.8 Å². The predicted molar refractivity (Wildman–Crippen MR) is 116 cm³/mol. The Balaban J connectivity index is 1.50. The fourth-order valence-corrected chi connectivity index (χ4v) is 3.58. The Hall–Kier alpha value is -3.62. The van der Waals surface area contributed by atoms with E-state index in [0.29, 0.717) is 12.2 Å². The summed E-state index contributed by atoms with van der Waals surface area (Å²) in [5.41, 5.74) is 1.20. The fourth-order valence-electron chi connectivity index (χ4n) is 3.58. The Labute approximate surface area is 188 Å². The Kier molecular flexibility index (Phi) is 6.22. The number of hydrogen-bond donors (Lipinski definition) is 2. The Bertz CT molecular complexity index is 1150. The lowest BCUT2D eigenvalue weighted by Crippen LogP contribution is -2.44. The van der Waals surface area contributed by atoms with E-state index in [1.165, 1.54) is 23.0 Å². The SMILES string of the molecule is CC(NC(=O)c1cnn(-c2cccc(C(F)(F)F)c2)c1C1CC1)C(=O)NCc1ccccc1. The maximum Gasteiger partial charge on any atom is 0.416 e. The standard InChI is InChI=1S/C24H23F3N4O2/c1-15(22(32)28-13-16-6-3-2-4-7-16)30-23(33)20-14-29-31(21(20)17-10-11-17)19-9-5-8-18(12-19)24(25,26)27/h2-9,12,14-15,17H,10-11,13H2,1H3,(H,28,32)(H,30,33). The number of nitrogens with one attached hydrogen (secondary N) is 2. The molecule has 0 aliphatic heterocycles. The molecule has 1 fully saturated rings. The molecule has 1 aromatic heterocycles. The number of hydrogen-bond acceptors (Lipinski definition) is 3. The highest BCUT2D eigenvalue weighted by molar-refractivity contribution is 5.98. The van der Waals surface area contributed by atoms with Crippen molar-refractivity contribution in [1.29, 1.82) is 0 Å². The molecule has 1 atom stereocenters. The van der Waals surface area contributed by atoms with Gasteiger partial charge in [0, 0.05) is 12.5 Å². The van der Waals surface area contributed by atoms with Crippen molar-refractivity contribution in [1.82, 2.24) is 20.4 Å². The number of aromatic nitrogens is 2. The fraction of sp³-hybridized carbons (Fsp3) is 0.292. The molecule has 1 saturated carbocycles. The monoisotopic (exact) mass is 456 g/mol. The van der Waals surface area contributed by atoms with Gasteiger partial charge < -0.3 is 10.6 Å². The highest BCUT2D eigenvalue weighted by Gasteiger charge is 2.35. The molecule has 0 radical (unpaired) electrons. The second kappa shape index (κ2) is 9.09. The van der Waals surface area contributed by atoms with E-state index in [9.17, 15) is 22.8 Å². The lowest BCUT2D eigenvalue weighted by Gasteiger charge is -2.15. The first-order chi connectivity index (χ1) is 15.7. The maximum atomic E-state index is 13.1. The van der Waals surface area contributed by atoms with E-state index in [4.69, 9.17) is 0 Å². The molecule has 1 heterocycles. The van der Waals surface area contributed by atoms with E-state index >= 15 is 0 Å². The zero-order valence-corrected chi connectivity index (χ0v) is 17.9. The lowest BCUT2D eigenvalue weighted by atomic mass is 10.1. The average Bonchev–Trinajstić information content (AvgIpc) is 3.54. The van der Waals surface area contributed by atoms with Crippen LogP contribution in [0, 0.1) is 0 Å². The Morgan fingerprint density at radius 1 is 1.12 bits per heavy atom. The third kappa shape index (κ3) is 5.24. The van der Waals surface area contributed by atoms with Crippen molar-refractivity contribution in [3.63, 3.8) is 0 Å². The van der Waals surface area contributed by atoms with Gasteiger partial charge in [0.05, 0.1) is 28.7 Å². The van der Waals surface area contributed by atoms with Crippen LogP contribution in [0.3, 0.4) is 0 Å². The first kappa shape index (κ1) is 22.6. The summed E-state index contributed by atoms with van der Waals surface area (Å²) in [6.07, 6.45) is -1.50. The van der Waals surface area contributed by atoms with Crippen LogP contribution in [0.4, 0.5) is 13.2 Å². The van der Waals surface area contributed by atoms with Crippen LogP contribution in [-0.2, 0) is 17.5 Å².